The number of carbonyl (C=O) groups is 5. The molecule has 3 aromatic carbocycles. The van der Waals surface area contributed by atoms with Gasteiger partial charge in [-0.25, -0.2) is 4.79 Å². The highest BCUT2D eigenvalue weighted by Crippen LogP contribution is 2.60. The van der Waals surface area contributed by atoms with Gasteiger partial charge in [0, 0.05) is 30.5 Å². The van der Waals surface area contributed by atoms with Gasteiger partial charge in [0.1, 0.15) is 0 Å². The van der Waals surface area contributed by atoms with Gasteiger partial charge in [-0.2, -0.15) is 0 Å². The summed E-state index contributed by atoms with van der Waals surface area (Å²) in [5.41, 5.74) is 5.42. The van der Waals surface area contributed by atoms with E-state index in [0.717, 1.165) is 22.3 Å². The molecular weight excluding hydrogens is 548 g/mol. The number of unbranched alkanes of at least 4 members (excludes halogenated alkanes) is 2. The zero-order chi connectivity index (χ0) is 30.1. The van der Waals surface area contributed by atoms with Crippen LogP contribution >= 0.6 is 0 Å². The molecule has 0 spiro atoms. The Morgan fingerprint density at radius 3 is 1.79 bits per heavy atom. The largest absolute Gasteiger partial charge is 0.465 e. The molecule has 1 saturated heterocycles. The molecule has 1 heterocycles. The van der Waals surface area contributed by atoms with Gasteiger partial charge in [0.25, 0.3) is 5.91 Å². The molecule has 3 amide bonds. The van der Waals surface area contributed by atoms with E-state index < -0.39 is 24.5 Å². The summed E-state index contributed by atoms with van der Waals surface area (Å²) in [6.45, 7) is -0.104. The van der Waals surface area contributed by atoms with E-state index in [2.05, 4.69) is 34.3 Å². The SMILES string of the molecule is COC(=O)c1ccc(NC(=O)COC(=O)CCCCCN2C(=O)[C@@H]3C4c5ccccc5C(c5ccccc54)[C@H]3C2=O)cc1. The van der Waals surface area contributed by atoms with E-state index in [9.17, 15) is 24.0 Å². The van der Waals surface area contributed by atoms with Crippen molar-refractivity contribution in [1.82, 2.24) is 4.90 Å². The summed E-state index contributed by atoms with van der Waals surface area (Å²) in [5, 5.41) is 2.60. The maximum Gasteiger partial charge on any atom is 0.337 e. The van der Waals surface area contributed by atoms with E-state index in [4.69, 9.17) is 4.74 Å². The second kappa shape index (κ2) is 11.8. The van der Waals surface area contributed by atoms with Crippen LogP contribution in [0.5, 0.6) is 0 Å². The van der Waals surface area contributed by atoms with Crippen molar-refractivity contribution in [3.8, 4) is 0 Å². The van der Waals surface area contributed by atoms with Crippen molar-refractivity contribution in [2.45, 2.75) is 37.5 Å². The Hall–Kier alpha value is -4.79. The van der Waals surface area contributed by atoms with Crippen LogP contribution in [0.3, 0.4) is 0 Å². The Kier molecular flexibility index (Phi) is 7.80. The number of benzene rings is 3. The lowest BCUT2D eigenvalue weighted by atomic mass is 9.55. The van der Waals surface area contributed by atoms with Crippen LogP contribution in [-0.2, 0) is 28.7 Å². The first-order valence-electron chi connectivity index (χ1n) is 14.6. The van der Waals surface area contributed by atoms with Gasteiger partial charge >= 0.3 is 11.9 Å². The smallest absolute Gasteiger partial charge is 0.337 e. The summed E-state index contributed by atoms with van der Waals surface area (Å²) < 4.78 is 9.72. The molecule has 3 aromatic rings. The van der Waals surface area contributed by atoms with E-state index >= 15 is 0 Å². The minimum atomic E-state index is -0.498. The zero-order valence-corrected chi connectivity index (χ0v) is 23.8. The minimum Gasteiger partial charge on any atom is -0.465 e. The van der Waals surface area contributed by atoms with Crippen molar-refractivity contribution in [3.63, 3.8) is 0 Å². The zero-order valence-electron chi connectivity index (χ0n) is 23.8. The van der Waals surface area contributed by atoms with Crippen LogP contribution in [0.15, 0.2) is 72.8 Å². The number of likely N-dealkylation sites (tertiary alicyclic amines) is 1. The number of hydrogen-bond acceptors (Lipinski definition) is 7. The van der Waals surface area contributed by atoms with Crippen LogP contribution in [0.4, 0.5) is 5.69 Å². The molecule has 1 N–H and O–H groups in total. The average Bonchev–Trinajstić information content (AvgIpc) is 3.29. The summed E-state index contributed by atoms with van der Waals surface area (Å²) >= 11 is 0. The Morgan fingerprint density at radius 1 is 0.744 bits per heavy atom. The van der Waals surface area contributed by atoms with Gasteiger partial charge < -0.3 is 14.8 Å². The molecule has 0 aromatic heterocycles. The van der Waals surface area contributed by atoms with Crippen LogP contribution < -0.4 is 5.32 Å². The van der Waals surface area contributed by atoms with Crippen molar-refractivity contribution in [2.75, 3.05) is 25.6 Å². The average molecular weight is 581 g/mol. The Bertz CT molecular complexity index is 1480. The second-order valence-corrected chi connectivity index (χ2v) is 11.2. The van der Waals surface area contributed by atoms with Crippen molar-refractivity contribution in [2.24, 2.45) is 11.8 Å². The molecule has 7 rings (SSSR count). The second-order valence-electron chi connectivity index (χ2n) is 11.2. The number of anilines is 1. The number of rotatable bonds is 10. The molecule has 1 fully saturated rings. The third-order valence-corrected chi connectivity index (χ3v) is 8.76. The van der Waals surface area contributed by atoms with Gasteiger partial charge in [-0.05, 0) is 59.4 Å². The summed E-state index contributed by atoms with van der Waals surface area (Å²) in [6, 6.07) is 22.5. The van der Waals surface area contributed by atoms with Crippen molar-refractivity contribution < 1.29 is 33.4 Å². The fourth-order valence-corrected chi connectivity index (χ4v) is 6.90. The summed E-state index contributed by atoms with van der Waals surface area (Å²) in [4.78, 5) is 64.5. The molecule has 2 atom stereocenters. The van der Waals surface area contributed by atoms with E-state index in [1.165, 1.54) is 24.1 Å². The predicted molar refractivity (Wildman–Crippen MR) is 156 cm³/mol. The third-order valence-electron chi connectivity index (χ3n) is 8.76. The maximum atomic E-state index is 13.6. The van der Waals surface area contributed by atoms with Crippen molar-refractivity contribution in [1.29, 1.82) is 0 Å². The van der Waals surface area contributed by atoms with Gasteiger partial charge in [-0.15, -0.1) is 0 Å². The van der Waals surface area contributed by atoms with Gasteiger partial charge in [-0.3, -0.25) is 24.1 Å². The number of amides is 3. The number of ether oxygens (including phenoxy) is 2. The summed E-state index contributed by atoms with van der Waals surface area (Å²) in [7, 11) is 1.29. The monoisotopic (exact) mass is 580 g/mol. The van der Waals surface area contributed by atoms with Crippen LogP contribution in [0.25, 0.3) is 0 Å². The highest BCUT2D eigenvalue weighted by molar-refractivity contribution is 6.07. The lowest BCUT2D eigenvalue weighted by Gasteiger charge is -2.45. The van der Waals surface area contributed by atoms with Gasteiger partial charge in [0.15, 0.2) is 6.61 Å². The number of methoxy groups -OCH3 is 1. The molecule has 3 aliphatic carbocycles. The molecule has 43 heavy (non-hydrogen) atoms. The van der Waals surface area contributed by atoms with Crippen LogP contribution in [-0.4, -0.2) is 54.8 Å². The quantitative estimate of drug-likeness (QED) is 0.214. The van der Waals surface area contributed by atoms with Gasteiger partial charge in [0.05, 0.1) is 24.5 Å². The van der Waals surface area contributed by atoms with Crippen LogP contribution in [0.2, 0.25) is 0 Å². The Morgan fingerprint density at radius 2 is 1.28 bits per heavy atom. The first-order chi connectivity index (χ1) is 20.9. The molecule has 0 unspecified atom stereocenters. The normalized spacial score (nSPS) is 21.1. The highest BCUT2D eigenvalue weighted by Gasteiger charge is 2.61. The Balaban J connectivity index is 0.967. The first kappa shape index (κ1) is 28.3. The molecule has 9 heteroatoms. The number of imide groups is 1. The third kappa shape index (κ3) is 5.20. The number of hydrogen-bond donors (Lipinski definition) is 1. The van der Waals surface area contributed by atoms with Crippen molar-refractivity contribution in [3.05, 3.63) is 101 Å². The predicted octanol–water partition coefficient (Wildman–Crippen LogP) is 4.41. The van der Waals surface area contributed by atoms with E-state index in [1.54, 1.807) is 12.1 Å². The van der Waals surface area contributed by atoms with Crippen molar-refractivity contribution >= 4 is 35.3 Å². The molecule has 9 nitrogen and oxygen atoms in total. The Labute approximate surface area is 249 Å². The fraction of sp³-hybridized carbons (Fsp3) is 0.324. The minimum absolute atomic E-state index is 0.0978. The number of nitrogens with one attached hydrogen (secondary N) is 1. The maximum absolute atomic E-state index is 13.6. The molecule has 4 aliphatic rings. The molecule has 220 valence electrons. The molecule has 2 bridgehead atoms. The van der Waals surface area contributed by atoms with Gasteiger partial charge in [-0.1, -0.05) is 55.0 Å². The van der Waals surface area contributed by atoms with Gasteiger partial charge in [0.2, 0.25) is 11.8 Å². The van der Waals surface area contributed by atoms with E-state index in [0.29, 0.717) is 37.1 Å². The summed E-state index contributed by atoms with van der Waals surface area (Å²) in [6.07, 6.45) is 1.86. The molecule has 0 saturated carbocycles. The molecular formula is C34H32N2O7. The highest BCUT2D eigenvalue weighted by atomic mass is 16.5. The van der Waals surface area contributed by atoms with Crippen LogP contribution in [0, 0.1) is 11.8 Å². The lowest BCUT2D eigenvalue weighted by molar-refractivity contribution is -0.147. The fourth-order valence-electron chi connectivity index (χ4n) is 6.90. The van der Waals surface area contributed by atoms with E-state index in [1.807, 2.05) is 24.3 Å². The van der Waals surface area contributed by atoms with E-state index in [-0.39, 0.29) is 41.9 Å². The number of esters is 2. The molecule has 0 radical (unpaired) electrons. The number of carbonyl (C=O) groups excluding carboxylic acids is 5. The topological polar surface area (TPSA) is 119 Å². The number of nitrogens with zero attached hydrogens (tertiary/aromatic N) is 1. The molecule has 1 aliphatic heterocycles. The first-order valence-corrected chi connectivity index (χ1v) is 14.6. The standard InChI is InChI=1S/C34H32N2O7/c1-42-34(41)20-14-16-21(17-15-20)35-26(37)19-43-27(38)13-3-2-8-18-36-32(39)30-28-22-9-4-5-10-23(22)29(31(30)33(36)40)25-12-7-6-11-24(25)28/h4-7,9-12,14-17,28-31H,2-3,8,13,18-19H2,1H3,(H,35,37)/t28?,29?,30-,31-/m1/s1. The lowest BCUT2D eigenvalue weighted by Crippen LogP contribution is -2.41. The summed E-state index contributed by atoms with van der Waals surface area (Å²) in [5.74, 6) is -2.66. The van der Waals surface area contributed by atoms with Crippen LogP contribution in [0.1, 0.15) is 70.1 Å².